The van der Waals surface area contributed by atoms with Gasteiger partial charge in [0.1, 0.15) is 17.2 Å². The largest absolute Gasteiger partial charge is 0.496 e. The predicted molar refractivity (Wildman–Crippen MR) is 92.7 cm³/mol. The summed E-state index contributed by atoms with van der Waals surface area (Å²) in [6, 6.07) is 13.5. The maximum Gasteiger partial charge on any atom is 0.129 e. The Morgan fingerprint density at radius 1 is 1.00 bits per heavy atom. The molecule has 5 heteroatoms. The summed E-state index contributed by atoms with van der Waals surface area (Å²) in [7, 11) is 4.89. The topological polar surface area (TPSA) is 63.5 Å². The minimum absolute atomic E-state index is 0.674. The normalized spacial score (nSPS) is 10.1. The van der Waals surface area contributed by atoms with Crippen LogP contribution in [0.1, 0.15) is 16.7 Å². The summed E-state index contributed by atoms with van der Waals surface area (Å²) in [5.74, 6) is 2.20. The molecule has 0 unspecified atom stereocenters. The lowest BCUT2D eigenvalue weighted by Crippen LogP contribution is -2.17. The van der Waals surface area contributed by atoms with Crippen molar-refractivity contribution in [3.8, 4) is 23.3 Å². The molecule has 0 aliphatic heterocycles. The molecule has 126 valence electrons. The summed E-state index contributed by atoms with van der Waals surface area (Å²) in [6.07, 6.45) is 0.758. The Morgan fingerprint density at radius 3 is 2.29 bits per heavy atom. The average Bonchev–Trinajstić information content (AvgIpc) is 2.64. The SMILES string of the molecule is COc1cc(OC)c(CCNCc2cccc(C#N)c2)c(OC)c1. The van der Waals surface area contributed by atoms with Gasteiger partial charge >= 0.3 is 0 Å². The summed E-state index contributed by atoms with van der Waals surface area (Å²) < 4.78 is 16.2. The Morgan fingerprint density at radius 2 is 1.71 bits per heavy atom. The maximum absolute atomic E-state index is 8.93. The molecule has 0 saturated carbocycles. The number of nitriles is 1. The van der Waals surface area contributed by atoms with E-state index in [1.54, 1.807) is 27.4 Å². The highest BCUT2D eigenvalue weighted by atomic mass is 16.5. The first kappa shape index (κ1) is 17.6. The van der Waals surface area contributed by atoms with Crippen LogP contribution in [0, 0.1) is 11.3 Å². The molecule has 1 N–H and O–H groups in total. The molecule has 0 amide bonds. The third kappa shape index (κ3) is 4.40. The number of rotatable bonds is 8. The van der Waals surface area contributed by atoms with Gasteiger partial charge in [0.25, 0.3) is 0 Å². The highest BCUT2D eigenvalue weighted by Crippen LogP contribution is 2.34. The lowest BCUT2D eigenvalue weighted by molar-refractivity contribution is 0.368. The van der Waals surface area contributed by atoms with Crippen LogP contribution in [0.2, 0.25) is 0 Å². The highest BCUT2D eigenvalue weighted by molar-refractivity contribution is 5.50. The first-order chi connectivity index (χ1) is 11.7. The van der Waals surface area contributed by atoms with Crippen LogP contribution in [0.5, 0.6) is 17.2 Å². The Kier molecular flexibility index (Phi) is 6.47. The van der Waals surface area contributed by atoms with E-state index in [0.29, 0.717) is 17.9 Å². The van der Waals surface area contributed by atoms with Crippen LogP contribution in [0.15, 0.2) is 36.4 Å². The fourth-order valence-corrected chi connectivity index (χ4v) is 2.52. The fourth-order valence-electron chi connectivity index (χ4n) is 2.52. The van der Waals surface area contributed by atoms with Crippen LogP contribution < -0.4 is 19.5 Å². The Hall–Kier alpha value is -2.71. The van der Waals surface area contributed by atoms with Gasteiger partial charge < -0.3 is 19.5 Å². The average molecular weight is 326 g/mol. The summed E-state index contributed by atoms with van der Waals surface area (Å²) >= 11 is 0. The molecule has 5 nitrogen and oxygen atoms in total. The van der Waals surface area contributed by atoms with E-state index < -0.39 is 0 Å². The molecule has 2 rings (SSSR count). The second-order valence-corrected chi connectivity index (χ2v) is 5.25. The molecule has 0 saturated heterocycles. The number of nitrogens with one attached hydrogen (secondary N) is 1. The van der Waals surface area contributed by atoms with Crippen LogP contribution in [0.25, 0.3) is 0 Å². The van der Waals surface area contributed by atoms with Crippen molar-refractivity contribution in [2.45, 2.75) is 13.0 Å². The van der Waals surface area contributed by atoms with Gasteiger partial charge in [-0.25, -0.2) is 0 Å². The quantitative estimate of drug-likeness (QED) is 0.756. The van der Waals surface area contributed by atoms with Crippen molar-refractivity contribution in [1.29, 1.82) is 5.26 Å². The molecule has 0 bridgehead atoms. The van der Waals surface area contributed by atoms with Gasteiger partial charge in [-0.1, -0.05) is 12.1 Å². The van der Waals surface area contributed by atoms with E-state index in [0.717, 1.165) is 35.6 Å². The lowest BCUT2D eigenvalue weighted by atomic mass is 10.1. The predicted octanol–water partition coefficient (Wildman–Crippen LogP) is 2.92. The Bertz CT molecular complexity index is 698. The van der Waals surface area contributed by atoms with E-state index in [2.05, 4.69) is 11.4 Å². The molecule has 0 aliphatic rings. The first-order valence-corrected chi connectivity index (χ1v) is 7.70. The van der Waals surface area contributed by atoms with E-state index >= 15 is 0 Å². The molecule has 2 aromatic rings. The molecular weight excluding hydrogens is 304 g/mol. The lowest BCUT2D eigenvalue weighted by Gasteiger charge is -2.15. The number of hydrogen-bond donors (Lipinski definition) is 1. The van der Waals surface area contributed by atoms with E-state index in [1.807, 2.05) is 30.3 Å². The zero-order chi connectivity index (χ0) is 17.4. The molecule has 0 atom stereocenters. The molecule has 0 aromatic heterocycles. The summed E-state index contributed by atoms with van der Waals surface area (Å²) in [5, 5.41) is 12.3. The van der Waals surface area contributed by atoms with Gasteiger partial charge in [-0.05, 0) is 30.7 Å². The number of hydrogen-bond acceptors (Lipinski definition) is 5. The van der Waals surface area contributed by atoms with Gasteiger partial charge in [0.2, 0.25) is 0 Å². The Balaban J connectivity index is 2.00. The van der Waals surface area contributed by atoms with Crippen LogP contribution in [-0.4, -0.2) is 27.9 Å². The van der Waals surface area contributed by atoms with E-state index in [-0.39, 0.29) is 0 Å². The zero-order valence-electron chi connectivity index (χ0n) is 14.3. The minimum atomic E-state index is 0.674. The zero-order valence-corrected chi connectivity index (χ0v) is 14.3. The third-order valence-electron chi connectivity index (χ3n) is 3.75. The summed E-state index contributed by atoms with van der Waals surface area (Å²) in [4.78, 5) is 0. The van der Waals surface area contributed by atoms with Crippen molar-refractivity contribution in [1.82, 2.24) is 5.32 Å². The van der Waals surface area contributed by atoms with Crippen LogP contribution >= 0.6 is 0 Å². The minimum Gasteiger partial charge on any atom is -0.496 e. The fraction of sp³-hybridized carbons (Fsp3) is 0.316. The third-order valence-corrected chi connectivity index (χ3v) is 3.75. The second kappa shape index (κ2) is 8.80. The Labute approximate surface area is 142 Å². The molecule has 0 heterocycles. The number of nitrogens with zero attached hydrogens (tertiary/aromatic N) is 1. The summed E-state index contributed by atoms with van der Waals surface area (Å²) in [5.41, 5.74) is 2.76. The van der Waals surface area contributed by atoms with Crippen LogP contribution in [0.4, 0.5) is 0 Å². The van der Waals surface area contributed by atoms with Crippen LogP contribution in [-0.2, 0) is 13.0 Å². The van der Waals surface area contributed by atoms with E-state index in [4.69, 9.17) is 19.5 Å². The molecule has 0 aliphatic carbocycles. The first-order valence-electron chi connectivity index (χ1n) is 7.70. The van der Waals surface area contributed by atoms with E-state index in [9.17, 15) is 0 Å². The van der Waals surface area contributed by atoms with Crippen molar-refractivity contribution in [3.63, 3.8) is 0 Å². The van der Waals surface area contributed by atoms with Gasteiger partial charge in [0, 0.05) is 24.2 Å². The van der Waals surface area contributed by atoms with Crippen LogP contribution in [0.3, 0.4) is 0 Å². The number of methoxy groups -OCH3 is 3. The van der Waals surface area contributed by atoms with Crippen molar-refractivity contribution < 1.29 is 14.2 Å². The molecule has 0 spiro atoms. The van der Waals surface area contributed by atoms with Gasteiger partial charge in [0.05, 0.1) is 33.0 Å². The monoisotopic (exact) mass is 326 g/mol. The van der Waals surface area contributed by atoms with Crippen molar-refractivity contribution in [2.75, 3.05) is 27.9 Å². The molecule has 24 heavy (non-hydrogen) atoms. The molecular formula is C19H22N2O3. The van der Waals surface area contributed by atoms with Gasteiger partial charge in [-0.2, -0.15) is 5.26 Å². The number of benzene rings is 2. The van der Waals surface area contributed by atoms with Crippen molar-refractivity contribution >= 4 is 0 Å². The summed E-state index contributed by atoms with van der Waals surface area (Å²) in [6.45, 7) is 1.46. The second-order valence-electron chi connectivity index (χ2n) is 5.25. The molecule has 2 aromatic carbocycles. The maximum atomic E-state index is 8.93. The highest BCUT2D eigenvalue weighted by Gasteiger charge is 2.12. The standard InChI is InChI=1S/C19H22N2O3/c1-22-16-10-18(23-2)17(19(11-16)24-3)7-8-21-13-15-6-4-5-14(9-15)12-20/h4-6,9-11,21H,7-8,13H2,1-3H3. The van der Waals surface area contributed by atoms with E-state index in [1.165, 1.54) is 0 Å². The van der Waals surface area contributed by atoms with Gasteiger partial charge in [-0.15, -0.1) is 0 Å². The van der Waals surface area contributed by atoms with Crippen molar-refractivity contribution in [2.24, 2.45) is 0 Å². The number of ether oxygens (including phenoxy) is 3. The molecule has 0 fully saturated rings. The van der Waals surface area contributed by atoms with Crippen molar-refractivity contribution in [3.05, 3.63) is 53.1 Å². The molecule has 0 radical (unpaired) electrons. The van der Waals surface area contributed by atoms with Gasteiger partial charge in [-0.3, -0.25) is 0 Å². The smallest absolute Gasteiger partial charge is 0.129 e. The van der Waals surface area contributed by atoms with Gasteiger partial charge in [0.15, 0.2) is 0 Å².